The van der Waals surface area contributed by atoms with E-state index in [1.807, 2.05) is 60.7 Å². The molecule has 0 bridgehead atoms. The van der Waals surface area contributed by atoms with Gasteiger partial charge in [0.1, 0.15) is 0 Å². The van der Waals surface area contributed by atoms with E-state index in [1.165, 1.54) is 0 Å². The molecule has 0 N–H and O–H groups in total. The zero-order valence-corrected chi connectivity index (χ0v) is 11.5. The number of benzene rings is 2. The lowest BCUT2D eigenvalue weighted by molar-refractivity contribution is 0.0948. The molecule has 0 aliphatic carbocycles. The Morgan fingerprint density at radius 3 is 1.95 bits per heavy atom. The monoisotopic (exact) mass is 252 g/mol. The van der Waals surface area contributed by atoms with E-state index in [9.17, 15) is 4.79 Å². The van der Waals surface area contributed by atoms with Gasteiger partial charge in [0.05, 0.1) is 0 Å². The Kier molecular flexibility index (Phi) is 4.51. The molecule has 0 amide bonds. The van der Waals surface area contributed by atoms with Gasteiger partial charge in [-0.3, -0.25) is 4.79 Å². The lowest BCUT2D eigenvalue weighted by Crippen LogP contribution is -2.15. The molecule has 0 aliphatic rings. The standard InChI is InChI=1S/C18H20O/c1-14(2)13-17(15-9-5-3-6-10-15)18(19)16-11-7-4-8-12-16/h3-12,14,17H,13H2,1-2H3. The highest BCUT2D eigenvalue weighted by molar-refractivity contribution is 6.00. The number of hydrogen-bond donors (Lipinski definition) is 0. The Labute approximate surface area is 115 Å². The summed E-state index contributed by atoms with van der Waals surface area (Å²) in [6.45, 7) is 4.32. The van der Waals surface area contributed by atoms with Crippen molar-refractivity contribution in [2.45, 2.75) is 26.2 Å². The van der Waals surface area contributed by atoms with Crippen LogP contribution in [-0.4, -0.2) is 5.78 Å². The predicted molar refractivity (Wildman–Crippen MR) is 79.4 cm³/mol. The highest BCUT2D eigenvalue weighted by Gasteiger charge is 2.22. The van der Waals surface area contributed by atoms with Crippen molar-refractivity contribution in [2.75, 3.05) is 0 Å². The van der Waals surface area contributed by atoms with Crippen molar-refractivity contribution in [1.29, 1.82) is 0 Å². The van der Waals surface area contributed by atoms with Crippen LogP contribution in [0.3, 0.4) is 0 Å². The summed E-state index contributed by atoms with van der Waals surface area (Å²) in [6.07, 6.45) is 0.887. The van der Waals surface area contributed by atoms with Gasteiger partial charge in [0.2, 0.25) is 0 Å². The molecular formula is C18H20O. The normalized spacial score (nSPS) is 12.4. The number of rotatable bonds is 5. The molecule has 19 heavy (non-hydrogen) atoms. The second-order valence-electron chi connectivity index (χ2n) is 5.32. The topological polar surface area (TPSA) is 17.1 Å². The molecule has 1 atom stereocenters. The van der Waals surface area contributed by atoms with E-state index in [2.05, 4.69) is 13.8 Å². The largest absolute Gasteiger partial charge is 0.293 e. The molecule has 2 rings (SSSR count). The fraction of sp³-hybridized carbons (Fsp3) is 0.278. The highest BCUT2D eigenvalue weighted by atomic mass is 16.1. The van der Waals surface area contributed by atoms with Gasteiger partial charge < -0.3 is 0 Å². The van der Waals surface area contributed by atoms with Crippen LogP contribution in [0.15, 0.2) is 60.7 Å². The molecule has 1 unspecified atom stereocenters. The molecule has 2 aromatic rings. The molecule has 0 heterocycles. The molecule has 0 spiro atoms. The van der Waals surface area contributed by atoms with E-state index in [0.29, 0.717) is 5.92 Å². The Morgan fingerprint density at radius 1 is 0.895 bits per heavy atom. The predicted octanol–water partition coefficient (Wildman–Crippen LogP) is 4.70. The van der Waals surface area contributed by atoms with Gasteiger partial charge in [-0.2, -0.15) is 0 Å². The maximum absolute atomic E-state index is 12.7. The third-order valence-corrected chi connectivity index (χ3v) is 3.28. The van der Waals surface area contributed by atoms with Crippen molar-refractivity contribution in [1.82, 2.24) is 0 Å². The minimum absolute atomic E-state index is 0.0383. The van der Waals surface area contributed by atoms with Crippen LogP contribution < -0.4 is 0 Å². The Balaban J connectivity index is 2.31. The minimum Gasteiger partial charge on any atom is -0.293 e. The summed E-state index contributed by atoms with van der Waals surface area (Å²) < 4.78 is 0. The minimum atomic E-state index is -0.0383. The molecule has 0 saturated carbocycles. The van der Waals surface area contributed by atoms with Crippen LogP contribution in [0, 0.1) is 5.92 Å². The van der Waals surface area contributed by atoms with Crippen molar-refractivity contribution in [3.63, 3.8) is 0 Å². The number of Topliss-reactive ketones (excluding diaryl/α,β-unsaturated/α-hetero) is 1. The first kappa shape index (κ1) is 13.5. The molecule has 0 fully saturated rings. The van der Waals surface area contributed by atoms with Gasteiger partial charge in [-0.05, 0) is 17.9 Å². The zero-order chi connectivity index (χ0) is 13.7. The van der Waals surface area contributed by atoms with Gasteiger partial charge in [0, 0.05) is 11.5 Å². The maximum Gasteiger partial charge on any atom is 0.170 e. The van der Waals surface area contributed by atoms with E-state index >= 15 is 0 Å². The number of ketones is 1. The van der Waals surface area contributed by atoms with Crippen LogP contribution in [0.2, 0.25) is 0 Å². The number of carbonyl (C=O) groups excluding carboxylic acids is 1. The van der Waals surface area contributed by atoms with Crippen molar-refractivity contribution in [3.05, 3.63) is 71.8 Å². The molecule has 0 aromatic heterocycles. The van der Waals surface area contributed by atoms with Gasteiger partial charge in [-0.15, -0.1) is 0 Å². The summed E-state index contributed by atoms with van der Waals surface area (Å²) in [7, 11) is 0. The van der Waals surface area contributed by atoms with Crippen molar-refractivity contribution in [3.8, 4) is 0 Å². The first-order chi connectivity index (χ1) is 9.18. The van der Waals surface area contributed by atoms with Gasteiger partial charge in [0.25, 0.3) is 0 Å². The molecule has 0 aliphatic heterocycles. The van der Waals surface area contributed by atoms with Crippen LogP contribution in [0.25, 0.3) is 0 Å². The average Bonchev–Trinajstić information content (AvgIpc) is 2.46. The van der Waals surface area contributed by atoms with Crippen molar-refractivity contribution >= 4 is 5.78 Å². The zero-order valence-electron chi connectivity index (χ0n) is 11.5. The summed E-state index contributed by atoms with van der Waals surface area (Å²) in [4.78, 5) is 12.7. The summed E-state index contributed by atoms with van der Waals surface area (Å²) >= 11 is 0. The van der Waals surface area contributed by atoms with Gasteiger partial charge >= 0.3 is 0 Å². The summed E-state index contributed by atoms with van der Waals surface area (Å²) in [5.74, 6) is 0.682. The van der Waals surface area contributed by atoms with Crippen LogP contribution in [0.5, 0.6) is 0 Å². The fourth-order valence-electron chi connectivity index (χ4n) is 2.35. The quantitative estimate of drug-likeness (QED) is 0.705. The molecule has 1 heteroatoms. The van der Waals surface area contributed by atoms with Gasteiger partial charge in [-0.25, -0.2) is 0 Å². The van der Waals surface area contributed by atoms with E-state index in [0.717, 1.165) is 17.5 Å². The SMILES string of the molecule is CC(C)CC(C(=O)c1ccccc1)c1ccccc1. The van der Waals surface area contributed by atoms with Crippen molar-refractivity contribution in [2.24, 2.45) is 5.92 Å². The summed E-state index contributed by atoms with van der Waals surface area (Å²) in [5.41, 5.74) is 1.92. The summed E-state index contributed by atoms with van der Waals surface area (Å²) in [6, 6.07) is 19.7. The molecular weight excluding hydrogens is 232 g/mol. The Hall–Kier alpha value is -1.89. The summed E-state index contributed by atoms with van der Waals surface area (Å²) in [5, 5.41) is 0. The first-order valence-corrected chi connectivity index (χ1v) is 6.82. The lowest BCUT2D eigenvalue weighted by Gasteiger charge is -2.18. The second kappa shape index (κ2) is 6.33. The van der Waals surface area contributed by atoms with E-state index in [-0.39, 0.29) is 11.7 Å². The Bertz CT molecular complexity index is 514. The van der Waals surface area contributed by atoms with Crippen LogP contribution >= 0.6 is 0 Å². The lowest BCUT2D eigenvalue weighted by atomic mass is 9.84. The molecule has 0 radical (unpaired) electrons. The number of carbonyl (C=O) groups is 1. The third-order valence-electron chi connectivity index (χ3n) is 3.28. The smallest absolute Gasteiger partial charge is 0.170 e. The van der Waals surface area contributed by atoms with Crippen molar-refractivity contribution < 1.29 is 4.79 Å². The van der Waals surface area contributed by atoms with Gasteiger partial charge in [-0.1, -0.05) is 74.5 Å². The third kappa shape index (κ3) is 3.54. The van der Waals surface area contributed by atoms with Crippen LogP contribution in [-0.2, 0) is 0 Å². The maximum atomic E-state index is 12.7. The fourth-order valence-corrected chi connectivity index (χ4v) is 2.35. The molecule has 2 aromatic carbocycles. The van der Waals surface area contributed by atoms with Crippen LogP contribution in [0.4, 0.5) is 0 Å². The molecule has 98 valence electrons. The first-order valence-electron chi connectivity index (χ1n) is 6.82. The Morgan fingerprint density at radius 2 is 1.42 bits per heavy atom. The molecule has 0 saturated heterocycles. The van der Waals surface area contributed by atoms with E-state index in [4.69, 9.17) is 0 Å². The van der Waals surface area contributed by atoms with Gasteiger partial charge in [0.15, 0.2) is 5.78 Å². The number of hydrogen-bond acceptors (Lipinski definition) is 1. The van der Waals surface area contributed by atoms with E-state index < -0.39 is 0 Å². The average molecular weight is 252 g/mol. The highest BCUT2D eigenvalue weighted by Crippen LogP contribution is 2.27. The second-order valence-corrected chi connectivity index (χ2v) is 5.32. The van der Waals surface area contributed by atoms with E-state index in [1.54, 1.807) is 0 Å². The molecule has 1 nitrogen and oxygen atoms in total. The van der Waals surface area contributed by atoms with Crippen LogP contribution in [0.1, 0.15) is 42.1 Å².